The second-order valence-electron chi connectivity index (χ2n) is 8.82. The summed E-state index contributed by atoms with van der Waals surface area (Å²) in [5.41, 5.74) is 7.79. The van der Waals surface area contributed by atoms with E-state index in [1.165, 1.54) is 6.07 Å². The van der Waals surface area contributed by atoms with Crippen LogP contribution in [0.4, 0.5) is 10.2 Å². The molecule has 1 fully saturated rings. The zero-order chi connectivity index (χ0) is 24.4. The lowest BCUT2D eigenvalue weighted by Crippen LogP contribution is -2.34. The molecule has 1 amide bonds. The lowest BCUT2D eigenvalue weighted by Gasteiger charge is -2.23. The molecule has 2 aromatic heterocycles. The van der Waals surface area contributed by atoms with E-state index in [1.807, 2.05) is 25.2 Å². The first kappa shape index (κ1) is 24.2. The number of amides is 1. The highest BCUT2D eigenvalue weighted by Gasteiger charge is 2.27. The largest absolute Gasteiger partial charge is 0.490 e. The van der Waals surface area contributed by atoms with Crippen molar-refractivity contribution in [3.63, 3.8) is 0 Å². The number of aromatic nitrogens is 3. The Balaban J connectivity index is 1.72. The van der Waals surface area contributed by atoms with Crippen molar-refractivity contribution in [3.8, 4) is 5.75 Å². The quantitative estimate of drug-likeness (QED) is 0.521. The first-order chi connectivity index (χ1) is 16.3. The summed E-state index contributed by atoms with van der Waals surface area (Å²) in [4.78, 5) is 21.9. The number of halogens is 2. The minimum absolute atomic E-state index is 0.156. The van der Waals surface area contributed by atoms with Crippen molar-refractivity contribution >= 4 is 28.8 Å². The average Bonchev–Trinajstić information content (AvgIpc) is 3.12. The molecule has 1 aliphatic rings. The number of aryl methyl sites for hydroxylation is 1. The van der Waals surface area contributed by atoms with E-state index in [1.54, 1.807) is 12.4 Å². The van der Waals surface area contributed by atoms with Crippen LogP contribution in [0.3, 0.4) is 0 Å². The summed E-state index contributed by atoms with van der Waals surface area (Å²) in [6.45, 7) is 7.17. The number of nitrogens with two attached hydrogens (primary N) is 1. The number of nitrogen functional groups attached to an aromatic ring is 1. The van der Waals surface area contributed by atoms with Crippen molar-refractivity contribution in [2.24, 2.45) is 5.92 Å². The minimum Gasteiger partial charge on any atom is -0.490 e. The number of nitrogens with one attached hydrogen (secondary N) is 1. The van der Waals surface area contributed by atoms with Gasteiger partial charge in [-0.25, -0.2) is 14.4 Å². The number of hydrogen-bond acceptors (Lipinski definition) is 6. The Morgan fingerprint density at radius 1 is 1.47 bits per heavy atom. The SMILES string of the molecule is Cc1nc(Cc2cc(Cl)c(F)c(C(=O)NCC3CCCOC3)c2OC(C)C)n2ccnc(N)c12. The Kier molecular flexibility index (Phi) is 7.23. The smallest absolute Gasteiger partial charge is 0.258 e. The first-order valence-corrected chi connectivity index (χ1v) is 11.8. The molecular formula is C24H29ClFN5O3. The van der Waals surface area contributed by atoms with Crippen LogP contribution in [0.2, 0.25) is 5.02 Å². The summed E-state index contributed by atoms with van der Waals surface area (Å²) >= 11 is 6.25. The van der Waals surface area contributed by atoms with Crippen LogP contribution >= 0.6 is 11.6 Å². The van der Waals surface area contributed by atoms with Crippen LogP contribution in [-0.2, 0) is 11.2 Å². The molecule has 0 aliphatic carbocycles. The van der Waals surface area contributed by atoms with E-state index in [9.17, 15) is 4.79 Å². The van der Waals surface area contributed by atoms with Crippen molar-refractivity contribution in [1.82, 2.24) is 19.7 Å². The van der Waals surface area contributed by atoms with Gasteiger partial charge in [-0.3, -0.25) is 9.20 Å². The molecule has 34 heavy (non-hydrogen) atoms. The van der Waals surface area contributed by atoms with Gasteiger partial charge in [-0.1, -0.05) is 11.6 Å². The van der Waals surface area contributed by atoms with Gasteiger partial charge < -0.3 is 20.5 Å². The standard InChI is InChI=1S/C24H29ClFN5O3/c1-13(2)34-22-16(10-18-30-14(3)21-23(27)28-6-7-31(18)21)9-17(25)20(26)19(22)24(32)29-11-15-5-4-8-33-12-15/h6-7,9,13,15H,4-5,8,10-12H2,1-3H3,(H2,27,28)(H,29,32). The predicted octanol–water partition coefficient (Wildman–Crippen LogP) is 3.95. The van der Waals surface area contributed by atoms with Gasteiger partial charge in [0.25, 0.3) is 5.91 Å². The monoisotopic (exact) mass is 489 g/mol. The maximum absolute atomic E-state index is 15.2. The summed E-state index contributed by atoms with van der Waals surface area (Å²) < 4.78 is 28.5. The van der Waals surface area contributed by atoms with Crippen molar-refractivity contribution in [3.05, 3.63) is 51.9 Å². The van der Waals surface area contributed by atoms with Gasteiger partial charge >= 0.3 is 0 Å². The van der Waals surface area contributed by atoms with Crippen LogP contribution in [0.25, 0.3) is 5.52 Å². The lowest BCUT2D eigenvalue weighted by atomic mass is 10.0. The number of nitrogens with zero attached hydrogens (tertiary/aromatic N) is 3. The average molecular weight is 490 g/mol. The third-order valence-corrected chi connectivity index (χ3v) is 6.09. The minimum atomic E-state index is -0.809. The highest BCUT2D eigenvalue weighted by Crippen LogP contribution is 2.35. The van der Waals surface area contributed by atoms with Gasteiger partial charge in [0.1, 0.15) is 28.5 Å². The van der Waals surface area contributed by atoms with E-state index in [0.29, 0.717) is 41.6 Å². The number of benzene rings is 1. The number of imidazole rings is 1. The number of rotatable bonds is 7. The van der Waals surface area contributed by atoms with Crippen molar-refractivity contribution in [2.45, 2.75) is 46.1 Å². The lowest BCUT2D eigenvalue weighted by molar-refractivity contribution is 0.0535. The summed E-state index contributed by atoms with van der Waals surface area (Å²) in [5.74, 6) is -0.0287. The fraction of sp³-hybridized carbons (Fsp3) is 0.458. The Morgan fingerprint density at radius 3 is 2.97 bits per heavy atom. The van der Waals surface area contributed by atoms with Gasteiger partial charge in [-0.15, -0.1) is 0 Å². The fourth-order valence-corrected chi connectivity index (χ4v) is 4.50. The highest BCUT2D eigenvalue weighted by atomic mass is 35.5. The van der Waals surface area contributed by atoms with Crippen LogP contribution in [0.5, 0.6) is 5.75 Å². The number of carbonyl (C=O) groups is 1. The highest BCUT2D eigenvalue weighted by molar-refractivity contribution is 6.31. The zero-order valence-corrected chi connectivity index (χ0v) is 20.3. The van der Waals surface area contributed by atoms with Crippen LogP contribution < -0.4 is 15.8 Å². The van der Waals surface area contributed by atoms with Crippen molar-refractivity contribution < 1.29 is 18.7 Å². The summed E-state index contributed by atoms with van der Waals surface area (Å²) in [6, 6.07) is 1.49. The van der Waals surface area contributed by atoms with E-state index < -0.39 is 11.7 Å². The summed E-state index contributed by atoms with van der Waals surface area (Å²) in [6.07, 6.45) is 5.19. The number of carbonyl (C=O) groups excluding carboxylic acids is 1. The van der Waals surface area contributed by atoms with Crippen LogP contribution in [-0.4, -0.2) is 46.1 Å². The fourth-order valence-electron chi connectivity index (χ4n) is 4.27. The molecule has 1 atom stereocenters. The molecule has 3 heterocycles. The van der Waals surface area contributed by atoms with Gasteiger partial charge in [0.2, 0.25) is 0 Å². The van der Waals surface area contributed by atoms with Gasteiger partial charge in [-0.2, -0.15) is 0 Å². The van der Waals surface area contributed by atoms with Crippen molar-refractivity contribution in [1.29, 1.82) is 0 Å². The van der Waals surface area contributed by atoms with Crippen LogP contribution in [0.15, 0.2) is 18.5 Å². The third-order valence-electron chi connectivity index (χ3n) is 5.81. The van der Waals surface area contributed by atoms with E-state index in [2.05, 4.69) is 15.3 Å². The Bertz CT molecular complexity index is 1210. The molecule has 3 aromatic rings. The molecule has 0 radical (unpaired) electrons. The molecule has 0 bridgehead atoms. The Hall–Kier alpha value is -2.91. The molecule has 8 nitrogen and oxygen atoms in total. The maximum atomic E-state index is 15.2. The van der Waals surface area contributed by atoms with Gasteiger partial charge in [-0.05, 0) is 45.6 Å². The molecular weight excluding hydrogens is 461 g/mol. The van der Waals surface area contributed by atoms with E-state index in [-0.39, 0.29) is 34.8 Å². The Labute approximate surface area is 202 Å². The first-order valence-electron chi connectivity index (χ1n) is 11.4. The second kappa shape index (κ2) is 10.1. The molecule has 1 unspecified atom stereocenters. The molecule has 0 saturated carbocycles. The number of anilines is 1. The number of ether oxygens (including phenoxy) is 2. The van der Waals surface area contributed by atoms with Gasteiger partial charge in [0.05, 0.1) is 23.4 Å². The van der Waals surface area contributed by atoms with Gasteiger partial charge in [0, 0.05) is 37.5 Å². The zero-order valence-electron chi connectivity index (χ0n) is 19.5. The third kappa shape index (κ3) is 4.95. The predicted molar refractivity (Wildman–Crippen MR) is 128 cm³/mol. The summed E-state index contributed by atoms with van der Waals surface area (Å²) in [7, 11) is 0. The number of hydrogen-bond donors (Lipinski definition) is 2. The molecule has 0 spiro atoms. The van der Waals surface area contributed by atoms with Crippen LogP contribution in [0.1, 0.15) is 54.1 Å². The molecule has 10 heteroatoms. The molecule has 1 saturated heterocycles. The summed E-state index contributed by atoms with van der Waals surface area (Å²) in [5, 5.41) is 2.68. The molecule has 182 valence electrons. The molecule has 4 rings (SSSR count). The number of fused-ring (bicyclic) bond motifs is 1. The van der Waals surface area contributed by atoms with Gasteiger partial charge in [0.15, 0.2) is 5.82 Å². The Morgan fingerprint density at radius 2 is 2.26 bits per heavy atom. The van der Waals surface area contributed by atoms with Crippen LogP contribution in [0, 0.1) is 18.7 Å². The van der Waals surface area contributed by atoms with E-state index >= 15 is 4.39 Å². The van der Waals surface area contributed by atoms with Crippen molar-refractivity contribution in [2.75, 3.05) is 25.5 Å². The maximum Gasteiger partial charge on any atom is 0.258 e. The molecule has 3 N–H and O–H groups in total. The molecule has 1 aliphatic heterocycles. The van der Waals surface area contributed by atoms with E-state index in [0.717, 1.165) is 19.4 Å². The topological polar surface area (TPSA) is 104 Å². The second-order valence-corrected chi connectivity index (χ2v) is 9.22. The normalized spacial score (nSPS) is 16.2. The van der Waals surface area contributed by atoms with E-state index in [4.69, 9.17) is 26.8 Å². The molecule has 1 aromatic carbocycles.